The molecule has 2 heterocycles. The van der Waals surface area contributed by atoms with Crippen molar-refractivity contribution in [3.05, 3.63) is 46.3 Å². The van der Waals surface area contributed by atoms with Gasteiger partial charge in [0.2, 0.25) is 5.91 Å². The lowest BCUT2D eigenvalue weighted by molar-refractivity contribution is -0.117. The van der Waals surface area contributed by atoms with Gasteiger partial charge in [-0.25, -0.2) is 0 Å². The Morgan fingerprint density at radius 3 is 2.74 bits per heavy atom. The van der Waals surface area contributed by atoms with E-state index in [0.29, 0.717) is 13.0 Å². The Morgan fingerprint density at radius 1 is 1.37 bits per heavy atom. The van der Waals surface area contributed by atoms with Crippen molar-refractivity contribution in [3.63, 3.8) is 0 Å². The first-order valence-corrected chi connectivity index (χ1v) is 6.92. The predicted octanol–water partition coefficient (Wildman–Crippen LogP) is 3.27. The fourth-order valence-corrected chi connectivity index (χ4v) is 2.61. The van der Waals surface area contributed by atoms with Gasteiger partial charge in [0.05, 0.1) is 5.69 Å². The highest BCUT2D eigenvalue weighted by atomic mass is 79.9. The van der Waals surface area contributed by atoms with Gasteiger partial charge in [0, 0.05) is 35.1 Å². The van der Waals surface area contributed by atoms with Gasteiger partial charge >= 0.3 is 0 Å². The van der Waals surface area contributed by atoms with E-state index in [-0.39, 0.29) is 11.8 Å². The van der Waals surface area contributed by atoms with Gasteiger partial charge in [-0.1, -0.05) is 21.1 Å². The maximum atomic E-state index is 12.1. The van der Waals surface area contributed by atoms with Crippen LogP contribution < -0.4 is 4.90 Å². The number of benzene rings is 1. The lowest BCUT2D eigenvalue weighted by Gasteiger charge is -2.16. The highest BCUT2D eigenvalue weighted by Gasteiger charge is 2.33. The Kier molecular flexibility index (Phi) is 3.14. The first-order chi connectivity index (χ1) is 9.13. The summed E-state index contributed by atoms with van der Waals surface area (Å²) in [4.78, 5) is 13.9. The molecule has 4 nitrogen and oxygen atoms in total. The van der Waals surface area contributed by atoms with Gasteiger partial charge < -0.3 is 9.42 Å². The molecule has 19 heavy (non-hydrogen) atoms. The van der Waals surface area contributed by atoms with Crippen molar-refractivity contribution in [2.45, 2.75) is 19.3 Å². The van der Waals surface area contributed by atoms with E-state index in [1.807, 2.05) is 37.3 Å². The number of anilines is 1. The largest absolute Gasteiger partial charge is 0.361 e. The molecule has 1 atom stereocenters. The molecular weight excluding hydrogens is 308 g/mol. The summed E-state index contributed by atoms with van der Waals surface area (Å²) in [5.74, 6) is 1.02. The standard InChI is InChI=1S/C14H13BrN2O2/c1-9-6-13(19-16-9)10-7-14(18)17(8-10)12-4-2-11(15)3-5-12/h2-6,10H,7-8H2,1H3. The molecule has 0 radical (unpaired) electrons. The minimum absolute atomic E-state index is 0.0948. The van der Waals surface area contributed by atoms with Crippen molar-refractivity contribution >= 4 is 27.5 Å². The highest BCUT2D eigenvalue weighted by molar-refractivity contribution is 9.10. The number of aryl methyl sites for hydroxylation is 1. The third kappa shape index (κ3) is 2.42. The van der Waals surface area contributed by atoms with Gasteiger partial charge in [-0.05, 0) is 31.2 Å². The molecule has 1 aliphatic rings. The molecule has 3 rings (SSSR count). The number of carbonyl (C=O) groups excluding carboxylic acids is 1. The lowest BCUT2D eigenvalue weighted by Crippen LogP contribution is -2.24. The van der Waals surface area contributed by atoms with Crippen LogP contribution in [0.1, 0.15) is 23.8 Å². The number of carbonyl (C=O) groups is 1. The summed E-state index contributed by atoms with van der Waals surface area (Å²) >= 11 is 3.39. The average Bonchev–Trinajstić information content (AvgIpc) is 2.97. The molecule has 1 aliphatic heterocycles. The van der Waals surface area contributed by atoms with Crippen LogP contribution in [0.2, 0.25) is 0 Å². The van der Waals surface area contributed by atoms with Crippen LogP contribution in [0.3, 0.4) is 0 Å². The second-order valence-corrected chi connectivity index (χ2v) is 5.67. The SMILES string of the molecule is Cc1cc(C2CC(=O)N(c3ccc(Br)cc3)C2)on1. The van der Waals surface area contributed by atoms with Crippen LogP contribution in [-0.4, -0.2) is 17.6 Å². The molecule has 1 unspecified atom stereocenters. The fraction of sp³-hybridized carbons (Fsp3) is 0.286. The lowest BCUT2D eigenvalue weighted by atomic mass is 10.1. The van der Waals surface area contributed by atoms with E-state index in [2.05, 4.69) is 21.1 Å². The van der Waals surface area contributed by atoms with Gasteiger partial charge in [-0.3, -0.25) is 4.79 Å². The van der Waals surface area contributed by atoms with E-state index in [1.54, 1.807) is 4.90 Å². The first kappa shape index (κ1) is 12.4. The molecule has 1 saturated heterocycles. The van der Waals surface area contributed by atoms with Crippen LogP contribution >= 0.6 is 15.9 Å². The van der Waals surface area contributed by atoms with Gasteiger partial charge in [0.25, 0.3) is 0 Å². The van der Waals surface area contributed by atoms with Crippen LogP contribution in [0, 0.1) is 6.92 Å². The van der Waals surface area contributed by atoms with E-state index < -0.39 is 0 Å². The number of rotatable bonds is 2. The van der Waals surface area contributed by atoms with Crippen LogP contribution in [0.5, 0.6) is 0 Å². The van der Waals surface area contributed by atoms with Gasteiger partial charge in [-0.2, -0.15) is 0 Å². The maximum absolute atomic E-state index is 12.1. The van der Waals surface area contributed by atoms with Crippen LogP contribution in [0.4, 0.5) is 5.69 Å². The monoisotopic (exact) mass is 320 g/mol. The molecule has 0 N–H and O–H groups in total. The van der Waals surface area contributed by atoms with Crippen LogP contribution in [0.25, 0.3) is 0 Å². The van der Waals surface area contributed by atoms with Crippen molar-refractivity contribution in [3.8, 4) is 0 Å². The van der Waals surface area contributed by atoms with Gasteiger partial charge in [0.15, 0.2) is 0 Å². The Morgan fingerprint density at radius 2 is 2.11 bits per heavy atom. The smallest absolute Gasteiger partial charge is 0.227 e. The molecule has 98 valence electrons. The molecule has 1 amide bonds. The number of hydrogen-bond acceptors (Lipinski definition) is 3. The molecule has 1 aromatic heterocycles. The third-order valence-electron chi connectivity index (χ3n) is 3.31. The topological polar surface area (TPSA) is 46.3 Å². The van der Waals surface area contributed by atoms with E-state index in [0.717, 1.165) is 21.6 Å². The summed E-state index contributed by atoms with van der Waals surface area (Å²) in [6.07, 6.45) is 0.477. The molecule has 0 saturated carbocycles. The molecule has 1 fully saturated rings. The first-order valence-electron chi connectivity index (χ1n) is 6.12. The number of hydrogen-bond donors (Lipinski definition) is 0. The summed E-state index contributed by atoms with van der Waals surface area (Å²) in [5.41, 5.74) is 1.77. The zero-order valence-electron chi connectivity index (χ0n) is 10.5. The molecule has 0 bridgehead atoms. The fourth-order valence-electron chi connectivity index (χ4n) is 2.34. The average molecular weight is 321 g/mol. The Bertz CT molecular complexity index is 606. The van der Waals surface area contributed by atoms with Gasteiger partial charge in [-0.15, -0.1) is 0 Å². The van der Waals surface area contributed by atoms with Crippen molar-refractivity contribution < 1.29 is 9.32 Å². The molecule has 5 heteroatoms. The van der Waals surface area contributed by atoms with Crippen molar-refractivity contribution in [2.24, 2.45) is 0 Å². The normalized spacial score (nSPS) is 19.2. The van der Waals surface area contributed by atoms with Crippen LogP contribution in [0.15, 0.2) is 39.3 Å². The minimum atomic E-state index is 0.0948. The molecular formula is C14H13BrN2O2. The Labute approximate surface area is 119 Å². The second kappa shape index (κ2) is 4.81. The number of nitrogens with zero attached hydrogens (tertiary/aromatic N) is 2. The number of halogens is 1. The maximum Gasteiger partial charge on any atom is 0.227 e. The van der Waals surface area contributed by atoms with Crippen LogP contribution in [-0.2, 0) is 4.79 Å². The summed E-state index contributed by atoms with van der Waals surface area (Å²) in [6.45, 7) is 2.53. The number of aromatic nitrogens is 1. The second-order valence-electron chi connectivity index (χ2n) is 4.75. The predicted molar refractivity (Wildman–Crippen MR) is 75.1 cm³/mol. The molecule has 0 aliphatic carbocycles. The number of amides is 1. The van der Waals surface area contributed by atoms with E-state index >= 15 is 0 Å². The Hall–Kier alpha value is -1.62. The van der Waals surface area contributed by atoms with Gasteiger partial charge in [0.1, 0.15) is 5.76 Å². The quantitative estimate of drug-likeness (QED) is 0.853. The van der Waals surface area contributed by atoms with Crippen molar-refractivity contribution in [2.75, 3.05) is 11.4 Å². The van der Waals surface area contributed by atoms with E-state index in [1.165, 1.54) is 0 Å². The molecule has 1 aromatic carbocycles. The Balaban J connectivity index is 1.82. The highest BCUT2D eigenvalue weighted by Crippen LogP contribution is 2.32. The van der Waals surface area contributed by atoms with Crippen molar-refractivity contribution in [1.29, 1.82) is 0 Å². The minimum Gasteiger partial charge on any atom is -0.361 e. The summed E-state index contributed by atoms with van der Waals surface area (Å²) in [5, 5.41) is 3.88. The molecule has 0 spiro atoms. The zero-order chi connectivity index (χ0) is 13.4. The van der Waals surface area contributed by atoms with E-state index in [4.69, 9.17) is 4.52 Å². The summed E-state index contributed by atoms with van der Waals surface area (Å²) in [6, 6.07) is 9.66. The summed E-state index contributed by atoms with van der Waals surface area (Å²) < 4.78 is 6.27. The van der Waals surface area contributed by atoms with E-state index in [9.17, 15) is 4.79 Å². The summed E-state index contributed by atoms with van der Waals surface area (Å²) in [7, 11) is 0. The third-order valence-corrected chi connectivity index (χ3v) is 3.84. The molecule has 2 aromatic rings. The van der Waals surface area contributed by atoms with Crippen molar-refractivity contribution in [1.82, 2.24) is 5.16 Å². The zero-order valence-corrected chi connectivity index (χ0v) is 12.1.